The Morgan fingerprint density at radius 3 is 2.41 bits per heavy atom. The maximum atomic E-state index is 11.9. The Morgan fingerprint density at radius 1 is 1.09 bits per heavy atom. The smallest absolute Gasteiger partial charge is 0.307 e. The third-order valence-corrected chi connectivity index (χ3v) is 4.04. The molecule has 0 bridgehead atoms. The zero-order chi connectivity index (χ0) is 15.8. The summed E-state index contributed by atoms with van der Waals surface area (Å²) in [6.07, 6.45) is 7.30. The molecule has 0 aliphatic rings. The van der Waals surface area contributed by atoms with Gasteiger partial charge in [-0.3, -0.25) is 9.78 Å². The fraction of sp³-hybridized carbons (Fsp3) is 0.368. The van der Waals surface area contributed by atoms with E-state index in [9.17, 15) is 9.90 Å². The monoisotopic (exact) mass is 297 g/mol. The number of carboxylic acid groups (broad SMARTS) is 1. The van der Waals surface area contributed by atoms with Gasteiger partial charge in [0.25, 0.3) is 0 Å². The molecule has 1 aromatic carbocycles. The van der Waals surface area contributed by atoms with Crippen molar-refractivity contribution in [2.75, 3.05) is 0 Å². The first-order chi connectivity index (χ1) is 10.7. The second kappa shape index (κ2) is 8.32. The summed E-state index contributed by atoms with van der Waals surface area (Å²) in [5, 5.41) is 9.75. The van der Waals surface area contributed by atoms with Crippen LogP contribution in [-0.2, 0) is 4.79 Å². The Kier molecular flexibility index (Phi) is 6.13. The first-order valence-corrected chi connectivity index (χ1v) is 7.91. The normalized spacial score (nSPS) is 13.5. The van der Waals surface area contributed by atoms with Gasteiger partial charge in [0.2, 0.25) is 0 Å². The van der Waals surface area contributed by atoms with Crippen molar-refractivity contribution < 1.29 is 9.90 Å². The Bertz CT molecular complexity index is 529. The summed E-state index contributed by atoms with van der Waals surface area (Å²) in [5.74, 6) is -1.30. The van der Waals surface area contributed by atoms with Crippen molar-refractivity contribution in [3.05, 3.63) is 66.0 Å². The minimum atomic E-state index is -0.728. The van der Waals surface area contributed by atoms with Crippen LogP contribution in [0.2, 0.25) is 0 Å². The van der Waals surface area contributed by atoms with E-state index in [4.69, 9.17) is 0 Å². The quantitative estimate of drug-likeness (QED) is 0.730. The molecular weight excluding hydrogens is 274 g/mol. The van der Waals surface area contributed by atoms with Crippen molar-refractivity contribution in [3.63, 3.8) is 0 Å². The summed E-state index contributed by atoms with van der Waals surface area (Å²) in [5.41, 5.74) is 2.01. The highest BCUT2D eigenvalue weighted by Crippen LogP contribution is 2.35. The van der Waals surface area contributed by atoms with Gasteiger partial charge in [0.15, 0.2) is 0 Å². The minimum Gasteiger partial charge on any atom is -0.481 e. The number of aliphatic carboxylic acids is 1. The van der Waals surface area contributed by atoms with Gasteiger partial charge in [-0.2, -0.15) is 0 Å². The van der Waals surface area contributed by atoms with E-state index < -0.39 is 11.9 Å². The van der Waals surface area contributed by atoms with E-state index in [1.165, 1.54) is 0 Å². The van der Waals surface area contributed by atoms with Crippen molar-refractivity contribution in [1.82, 2.24) is 4.98 Å². The highest BCUT2D eigenvalue weighted by molar-refractivity contribution is 5.72. The number of pyridine rings is 1. The van der Waals surface area contributed by atoms with Crippen LogP contribution in [0.25, 0.3) is 0 Å². The highest BCUT2D eigenvalue weighted by atomic mass is 16.4. The average molecular weight is 297 g/mol. The maximum Gasteiger partial charge on any atom is 0.307 e. The van der Waals surface area contributed by atoms with Gasteiger partial charge in [-0.15, -0.1) is 0 Å². The van der Waals surface area contributed by atoms with Gasteiger partial charge in [-0.25, -0.2) is 0 Å². The zero-order valence-corrected chi connectivity index (χ0v) is 13.0. The largest absolute Gasteiger partial charge is 0.481 e. The molecule has 22 heavy (non-hydrogen) atoms. The number of unbranched alkanes of at least 4 members (excludes halogenated alkanes) is 2. The van der Waals surface area contributed by atoms with E-state index in [1.807, 2.05) is 42.5 Å². The Balaban J connectivity index is 2.35. The van der Waals surface area contributed by atoms with Crippen molar-refractivity contribution in [2.45, 2.75) is 38.5 Å². The third-order valence-electron chi connectivity index (χ3n) is 4.04. The van der Waals surface area contributed by atoms with Crippen LogP contribution in [-0.4, -0.2) is 16.1 Å². The molecule has 0 fully saturated rings. The lowest BCUT2D eigenvalue weighted by Gasteiger charge is -2.25. The van der Waals surface area contributed by atoms with Gasteiger partial charge in [0.05, 0.1) is 5.92 Å². The standard InChI is InChI=1S/C19H23NO2/c1-2-3-5-12-17(19(21)22)18(15-9-6-4-7-10-15)16-11-8-13-20-14-16/h4,6-11,13-14,17-18H,2-3,5,12H2,1H3,(H,21,22). The molecular formula is C19H23NO2. The maximum absolute atomic E-state index is 11.9. The molecule has 3 heteroatoms. The van der Waals surface area contributed by atoms with Gasteiger partial charge in [-0.1, -0.05) is 62.6 Å². The van der Waals surface area contributed by atoms with E-state index in [2.05, 4.69) is 11.9 Å². The van der Waals surface area contributed by atoms with Crippen molar-refractivity contribution >= 4 is 5.97 Å². The number of carbonyl (C=O) groups is 1. The van der Waals surface area contributed by atoms with Crippen molar-refractivity contribution in [1.29, 1.82) is 0 Å². The van der Waals surface area contributed by atoms with Gasteiger partial charge in [0, 0.05) is 18.3 Å². The lowest BCUT2D eigenvalue weighted by Crippen LogP contribution is -2.23. The molecule has 0 aliphatic heterocycles. The minimum absolute atomic E-state index is 0.149. The molecule has 0 saturated carbocycles. The molecule has 3 nitrogen and oxygen atoms in total. The molecule has 0 radical (unpaired) electrons. The van der Waals surface area contributed by atoms with Crippen LogP contribution in [0.1, 0.15) is 49.7 Å². The summed E-state index contributed by atoms with van der Waals surface area (Å²) in [6, 6.07) is 13.7. The second-order valence-corrected chi connectivity index (χ2v) is 5.62. The third kappa shape index (κ3) is 4.17. The predicted octanol–water partition coefficient (Wildman–Crippen LogP) is 4.49. The summed E-state index contributed by atoms with van der Waals surface area (Å²) in [4.78, 5) is 16.0. The van der Waals surface area contributed by atoms with E-state index in [1.54, 1.807) is 12.4 Å². The van der Waals surface area contributed by atoms with E-state index in [0.29, 0.717) is 6.42 Å². The SMILES string of the molecule is CCCCCC(C(=O)O)C(c1ccccc1)c1cccnc1. The van der Waals surface area contributed by atoms with Crippen LogP contribution in [0, 0.1) is 5.92 Å². The molecule has 0 saturated heterocycles. The van der Waals surface area contributed by atoms with Crippen LogP contribution in [0.4, 0.5) is 0 Å². The molecule has 1 heterocycles. The van der Waals surface area contributed by atoms with Crippen LogP contribution >= 0.6 is 0 Å². The van der Waals surface area contributed by atoms with Gasteiger partial charge < -0.3 is 5.11 Å². The first kappa shape index (κ1) is 16.2. The number of hydrogen-bond acceptors (Lipinski definition) is 2. The number of rotatable bonds is 8. The van der Waals surface area contributed by atoms with E-state index in [0.717, 1.165) is 30.4 Å². The van der Waals surface area contributed by atoms with E-state index >= 15 is 0 Å². The molecule has 0 aliphatic carbocycles. The first-order valence-electron chi connectivity index (χ1n) is 7.91. The van der Waals surface area contributed by atoms with Crippen molar-refractivity contribution in [2.24, 2.45) is 5.92 Å². The molecule has 1 N–H and O–H groups in total. The van der Waals surface area contributed by atoms with E-state index in [-0.39, 0.29) is 5.92 Å². The summed E-state index contributed by atoms with van der Waals surface area (Å²) < 4.78 is 0. The summed E-state index contributed by atoms with van der Waals surface area (Å²) in [6.45, 7) is 2.13. The Labute approximate surface area is 132 Å². The highest BCUT2D eigenvalue weighted by Gasteiger charge is 2.30. The summed E-state index contributed by atoms with van der Waals surface area (Å²) in [7, 11) is 0. The zero-order valence-electron chi connectivity index (χ0n) is 13.0. The predicted molar refractivity (Wildman–Crippen MR) is 87.8 cm³/mol. The lowest BCUT2D eigenvalue weighted by molar-refractivity contribution is -0.142. The van der Waals surface area contributed by atoms with Gasteiger partial charge >= 0.3 is 5.97 Å². The molecule has 2 rings (SSSR count). The molecule has 2 atom stereocenters. The Morgan fingerprint density at radius 2 is 1.82 bits per heavy atom. The number of benzene rings is 1. The van der Waals surface area contributed by atoms with Crippen LogP contribution in [0.5, 0.6) is 0 Å². The second-order valence-electron chi connectivity index (χ2n) is 5.62. The van der Waals surface area contributed by atoms with Crippen molar-refractivity contribution in [3.8, 4) is 0 Å². The molecule has 116 valence electrons. The number of nitrogens with zero attached hydrogens (tertiary/aromatic N) is 1. The molecule has 2 aromatic rings. The average Bonchev–Trinajstić information content (AvgIpc) is 2.56. The molecule has 1 aromatic heterocycles. The molecule has 0 spiro atoms. The van der Waals surface area contributed by atoms with Crippen LogP contribution < -0.4 is 0 Å². The topological polar surface area (TPSA) is 50.2 Å². The Hall–Kier alpha value is -2.16. The number of hydrogen-bond donors (Lipinski definition) is 1. The molecule has 2 unspecified atom stereocenters. The lowest BCUT2D eigenvalue weighted by atomic mass is 9.79. The van der Waals surface area contributed by atoms with Gasteiger partial charge in [0.1, 0.15) is 0 Å². The van der Waals surface area contributed by atoms with Crippen LogP contribution in [0.3, 0.4) is 0 Å². The molecule has 0 amide bonds. The van der Waals surface area contributed by atoms with Crippen LogP contribution in [0.15, 0.2) is 54.9 Å². The fourth-order valence-electron chi connectivity index (χ4n) is 2.92. The van der Waals surface area contributed by atoms with Gasteiger partial charge in [-0.05, 0) is 23.6 Å². The fourth-order valence-corrected chi connectivity index (χ4v) is 2.92. The summed E-state index contributed by atoms with van der Waals surface area (Å²) >= 11 is 0. The number of aromatic nitrogens is 1. The number of carboxylic acids is 1.